The Hall–Kier alpha value is -3.26. The Morgan fingerprint density at radius 3 is 2.61 bits per heavy atom. The van der Waals surface area contributed by atoms with Crippen LogP contribution >= 0.6 is 0 Å². The number of halogens is 2. The van der Waals surface area contributed by atoms with Gasteiger partial charge in [-0.1, -0.05) is 0 Å². The van der Waals surface area contributed by atoms with Crippen molar-refractivity contribution in [2.24, 2.45) is 11.3 Å². The van der Waals surface area contributed by atoms with E-state index in [9.17, 15) is 18.7 Å². The van der Waals surface area contributed by atoms with Crippen molar-refractivity contribution >= 4 is 27.8 Å². The molecule has 0 unspecified atom stereocenters. The highest BCUT2D eigenvalue weighted by atomic mass is 19.2. The summed E-state index contributed by atoms with van der Waals surface area (Å²) in [5.41, 5.74) is 6.49. The second-order valence-corrected chi connectivity index (χ2v) is 11.8. The molecular formula is C30H31F2N3O3. The highest BCUT2D eigenvalue weighted by Gasteiger charge is 2.54. The molecule has 8 heteroatoms. The SMILES string of the molecule is Cc1c2[nH]ncc2cc2c1c(C1CC3(CC(CC(=O)O)C3)C1)c(C1CCOCC1)n2-c1ccc(F)c(F)c1. The molecule has 3 heterocycles. The normalized spacial score (nSPS) is 25.7. The van der Waals surface area contributed by atoms with Gasteiger partial charge in [0.2, 0.25) is 0 Å². The van der Waals surface area contributed by atoms with Crippen LogP contribution in [0, 0.1) is 29.9 Å². The van der Waals surface area contributed by atoms with Crippen LogP contribution in [-0.4, -0.2) is 39.1 Å². The maximum Gasteiger partial charge on any atom is 0.303 e. The van der Waals surface area contributed by atoms with Crippen molar-refractivity contribution in [3.05, 3.63) is 58.9 Å². The van der Waals surface area contributed by atoms with Gasteiger partial charge in [0.15, 0.2) is 11.6 Å². The monoisotopic (exact) mass is 519 g/mol. The van der Waals surface area contributed by atoms with Crippen molar-refractivity contribution in [3.63, 3.8) is 0 Å². The predicted molar refractivity (Wildman–Crippen MR) is 140 cm³/mol. The standard InChI is InChI=1S/C30H31F2N3O3/c1-16-26-24(9-19-15-33-34-28(16)19)35(21-2-3-22(31)23(32)10-21)29(18-4-6-38-7-5-18)27(26)20-13-30(14-20)11-17(12-30)8-25(36)37/h2-3,9-10,15,17-18,20H,4-8,11-14H2,1H3,(H,33,34)(H,36,37). The van der Waals surface area contributed by atoms with Gasteiger partial charge in [-0.3, -0.25) is 9.89 Å². The topological polar surface area (TPSA) is 80.1 Å². The fraction of sp³-hybridized carbons (Fsp3) is 0.467. The van der Waals surface area contributed by atoms with Gasteiger partial charge >= 0.3 is 5.97 Å². The lowest BCUT2D eigenvalue weighted by Crippen LogP contribution is -2.47. The van der Waals surface area contributed by atoms with E-state index in [1.807, 2.05) is 6.20 Å². The number of ether oxygens (including phenoxy) is 1. The number of rotatable bonds is 5. The van der Waals surface area contributed by atoms with E-state index in [2.05, 4.69) is 27.8 Å². The van der Waals surface area contributed by atoms with E-state index in [-0.39, 0.29) is 23.7 Å². The predicted octanol–water partition coefficient (Wildman–Crippen LogP) is 6.74. The summed E-state index contributed by atoms with van der Waals surface area (Å²) in [5.74, 6) is -1.56. The second-order valence-electron chi connectivity index (χ2n) is 11.8. The highest BCUT2D eigenvalue weighted by Crippen LogP contribution is 2.66. The van der Waals surface area contributed by atoms with Crippen molar-refractivity contribution in [1.82, 2.24) is 14.8 Å². The second kappa shape index (κ2) is 8.63. The van der Waals surface area contributed by atoms with Crippen LogP contribution in [0.1, 0.15) is 73.6 Å². The largest absolute Gasteiger partial charge is 0.481 e. The van der Waals surface area contributed by atoms with Crippen LogP contribution in [0.15, 0.2) is 30.5 Å². The first-order valence-electron chi connectivity index (χ1n) is 13.6. The number of aromatic nitrogens is 3. The number of carboxylic acids is 1. The van der Waals surface area contributed by atoms with Gasteiger partial charge in [0, 0.05) is 53.8 Å². The number of H-pyrrole nitrogens is 1. The van der Waals surface area contributed by atoms with E-state index < -0.39 is 17.6 Å². The molecular weight excluding hydrogens is 488 g/mol. The summed E-state index contributed by atoms with van der Waals surface area (Å²) in [6, 6.07) is 6.31. The minimum atomic E-state index is -0.855. The molecule has 0 amide bonds. The number of nitrogens with zero attached hydrogens (tertiary/aromatic N) is 2. The van der Waals surface area contributed by atoms with Gasteiger partial charge < -0.3 is 14.4 Å². The Morgan fingerprint density at radius 2 is 1.89 bits per heavy atom. The van der Waals surface area contributed by atoms with Gasteiger partial charge in [-0.05, 0) is 92.0 Å². The Bertz CT molecular complexity index is 1570. The van der Waals surface area contributed by atoms with E-state index >= 15 is 0 Å². The first-order chi connectivity index (χ1) is 18.3. The molecule has 4 aromatic rings. The van der Waals surface area contributed by atoms with Crippen LogP contribution in [-0.2, 0) is 9.53 Å². The molecule has 1 spiro atoms. The lowest BCUT2D eigenvalue weighted by molar-refractivity contribution is -0.141. The van der Waals surface area contributed by atoms with Crippen LogP contribution < -0.4 is 0 Å². The van der Waals surface area contributed by atoms with E-state index in [0.29, 0.717) is 24.8 Å². The smallest absolute Gasteiger partial charge is 0.303 e. The zero-order chi connectivity index (χ0) is 26.2. The van der Waals surface area contributed by atoms with Crippen LogP contribution in [0.3, 0.4) is 0 Å². The average molecular weight is 520 g/mol. The molecule has 1 aliphatic heterocycles. The van der Waals surface area contributed by atoms with Crippen molar-refractivity contribution in [1.29, 1.82) is 0 Å². The molecule has 38 heavy (non-hydrogen) atoms. The molecule has 0 atom stereocenters. The minimum Gasteiger partial charge on any atom is -0.481 e. The molecule has 1 saturated heterocycles. The van der Waals surface area contributed by atoms with Gasteiger partial charge in [0.05, 0.1) is 17.2 Å². The van der Waals surface area contributed by atoms with Crippen molar-refractivity contribution < 1.29 is 23.4 Å². The molecule has 2 aliphatic carbocycles. The van der Waals surface area contributed by atoms with Crippen molar-refractivity contribution in [3.8, 4) is 5.69 Å². The molecule has 6 nitrogen and oxygen atoms in total. The number of aryl methyl sites for hydroxylation is 1. The number of fused-ring (bicyclic) bond motifs is 2. The number of hydrogen-bond acceptors (Lipinski definition) is 3. The molecule has 2 N–H and O–H groups in total. The number of carbonyl (C=O) groups is 1. The summed E-state index contributed by atoms with van der Waals surface area (Å²) in [7, 11) is 0. The van der Waals surface area contributed by atoms with Gasteiger partial charge in [-0.25, -0.2) is 8.78 Å². The Kier molecular flexibility index (Phi) is 5.41. The summed E-state index contributed by atoms with van der Waals surface area (Å²) in [6.07, 6.45) is 7.86. The summed E-state index contributed by atoms with van der Waals surface area (Å²) in [4.78, 5) is 11.2. The van der Waals surface area contributed by atoms with Crippen LogP contribution in [0.25, 0.3) is 27.5 Å². The number of aromatic amines is 1. The third-order valence-electron chi connectivity index (χ3n) is 9.44. The number of hydrogen-bond donors (Lipinski definition) is 2. The van der Waals surface area contributed by atoms with Crippen molar-refractivity contribution in [2.45, 2.75) is 63.7 Å². The molecule has 0 bridgehead atoms. The first-order valence-corrected chi connectivity index (χ1v) is 13.6. The molecule has 7 rings (SSSR count). The number of benzene rings is 2. The maximum atomic E-state index is 14.6. The van der Waals surface area contributed by atoms with Crippen molar-refractivity contribution in [2.75, 3.05) is 13.2 Å². The summed E-state index contributed by atoms with van der Waals surface area (Å²) < 4.78 is 36.5. The third kappa shape index (κ3) is 3.60. The highest BCUT2D eigenvalue weighted by molar-refractivity contribution is 6.02. The molecule has 198 valence electrons. The third-order valence-corrected chi connectivity index (χ3v) is 9.44. The number of carboxylic acid groups (broad SMARTS) is 1. The average Bonchev–Trinajstić information content (AvgIpc) is 3.45. The van der Waals surface area contributed by atoms with E-state index in [4.69, 9.17) is 4.74 Å². The zero-order valence-corrected chi connectivity index (χ0v) is 21.4. The number of aliphatic carboxylic acids is 1. The van der Waals surface area contributed by atoms with E-state index in [1.54, 1.807) is 6.07 Å². The fourth-order valence-electron chi connectivity index (χ4n) is 7.90. The van der Waals surface area contributed by atoms with Crippen LogP contribution in [0.5, 0.6) is 0 Å². The van der Waals surface area contributed by atoms with Crippen LogP contribution in [0.2, 0.25) is 0 Å². The van der Waals surface area contributed by atoms with Gasteiger partial charge in [-0.2, -0.15) is 5.10 Å². The van der Waals surface area contributed by atoms with Gasteiger partial charge in [0.1, 0.15) is 0 Å². The van der Waals surface area contributed by atoms with E-state index in [0.717, 1.165) is 60.5 Å². The van der Waals surface area contributed by atoms with Gasteiger partial charge in [0.25, 0.3) is 0 Å². The fourth-order valence-corrected chi connectivity index (χ4v) is 7.90. The first kappa shape index (κ1) is 23.8. The molecule has 2 saturated carbocycles. The maximum absolute atomic E-state index is 14.6. The zero-order valence-electron chi connectivity index (χ0n) is 21.4. The molecule has 2 aromatic heterocycles. The molecule has 2 aromatic carbocycles. The molecule has 3 aliphatic rings. The van der Waals surface area contributed by atoms with Gasteiger partial charge in [-0.15, -0.1) is 0 Å². The van der Waals surface area contributed by atoms with Crippen LogP contribution in [0.4, 0.5) is 8.78 Å². The minimum absolute atomic E-state index is 0.236. The summed E-state index contributed by atoms with van der Waals surface area (Å²) in [6.45, 7) is 3.48. The Morgan fingerprint density at radius 1 is 1.13 bits per heavy atom. The molecule has 0 radical (unpaired) electrons. The quantitative estimate of drug-likeness (QED) is 0.306. The summed E-state index contributed by atoms with van der Waals surface area (Å²) >= 11 is 0. The summed E-state index contributed by atoms with van der Waals surface area (Å²) in [5, 5.41) is 18.8. The van der Waals surface area contributed by atoms with E-state index in [1.165, 1.54) is 28.8 Å². The Labute approximate surface area is 219 Å². The lowest BCUT2D eigenvalue weighted by Gasteiger charge is -2.58. The number of nitrogens with one attached hydrogen (secondary N) is 1. The molecule has 3 fully saturated rings. The Balaban J connectivity index is 1.42. The lowest BCUT2D eigenvalue weighted by atomic mass is 9.46.